The number of piperazine rings is 1. The molecule has 154 valence electrons. The molecular weight excluding hydrogens is 340 g/mol. The molecule has 1 saturated heterocycles. The van der Waals surface area contributed by atoms with Gasteiger partial charge in [-0.05, 0) is 44.9 Å². The number of hydrogen-bond acceptors (Lipinski definition) is 4. The number of amides is 2. The van der Waals surface area contributed by atoms with Gasteiger partial charge in [-0.25, -0.2) is 0 Å². The maximum atomic E-state index is 12.8. The molecule has 3 rings (SSSR count). The first kappa shape index (κ1) is 20.6. The van der Waals surface area contributed by atoms with Gasteiger partial charge < -0.3 is 10.6 Å². The number of hydrogen-bond donors (Lipinski definition) is 2. The molecule has 0 spiro atoms. The Labute approximate surface area is 164 Å². The van der Waals surface area contributed by atoms with Gasteiger partial charge in [-0.2, -0.15) is 0 Å². The molecule has 0 aromatic rings. The second kappa shape index (κ2) is 8.91. The first-order valence-corrected chi connectivity index (χ1v) is 11.0. The number of nitrogens with zero attached hydrogens (tertiary/aromatic N) is 2. The van der Waals surface area contributed by atoms with Crippen LogP contribution in [0, 0.1) is 11.8 Å². The summed E-state index contributed by atoms with van der Waals surface area (Å²) in [6, 6.07) is 0.541. The second-order valence-electron chi connectivity index (χ2n) is 9.09. The molecule has 6 nitrogen and oxygen atoms in total. The van der Waals surface area contributed by atoms with Crippen molar-refractivity contribution in [2.75, 3.05) is 26.2 Å². The summed E-state index contributed by atoms with van der Waals surface area (Å²) in [5.74, 6) is 1.55. The van der Waals surface area contributed by atoms with E-state index in [4.69, 9.17) is 0 Å². The Bertz CT molecular complexity index is 528. The van der Waals surface area contributed by atoms with Crippen molar-refractivity contribution in [1.82, 2.24) is 20.4 Å². The van der Waals surface area contributed by atoms with Gasteiger partial charge >= 0.3 is 0 Å². The fourth-order valence-electron chi connectivity index (χ4n) is 4.48. The van der Waals surface area contributed by atoms with E-state index >= 15 is 0 Å². The molecule has 0 radical (unpaired) electrons. The third kappa shape index (κ3) is 5.23. The lowest BCUT2D eigenvalue weighted by Gasteiger charge is -2.40. The summed E-state index contributed by atoms with van der Waals surface area (Å²) in [5, 5.41) is 6.42. The largest absolute Gasteiger partial charge is 0.352 e. The number of nitrogens with one attached hydrogen (secondary N) is 2. The summed E-state index contributed by atoms with van der Waals surface area (Å²) in [4.78, 5) is 29.5. The molecule has 1 aliphatic heterocycles. The summed E-state index contributed by atoms with van der Waals surface area (Å²) in [6.07, 6.45) is 5.84. The standard InChI is InChI=1S/C21H38N4O2/c1-14-6-5-7-19(15(14)2)23-21(27)17(4)25-12-10-24(11-13-25)16(3)20(26)22-18-8-9-18/h14-19H,5-13H2,1-4H3,(H,22,26)(H,23,27)/t14-,15+,16-,17+,19+/m1/s1. The number of rotatable bonds is 6. The van der Waals surface area contributed by atoms with E-state index in [1.807, 2.05) is 13.8 Å². The van der Waals surface area contributed by atoms with Crippen molar-refractivity contribution in [3.8, 4) is 0 Å². The highest BCUT2D eigenvalue weighted by atomic mass is 16.2. The second-order valence-corrected chi connectivity index (χ2v) is 9.09. The van der Waals surface area contributed by atoms with Crippen LogP contribution in [-0.4, -0.2) is 72.0 Å². The third-order valence-corrected chi connectivity index (χ3v) is 7.16. The average Bonchev–Trinajstić information content (AvgIpc) is 3.48. The lowest BCUT2D eigenvalue weighted by Crippen LogP contribution is -2.58. The van der Waals surface area contributed by atoms with Crippen LogP contribution < -0.4 is 10.6 Å². The van der Waals surface area contributed by atoms with Gasteiger partial charge in [-0.15, -0.1) is 0 Å². The van der Waals surface area contributed by atoms with Crippen molar-refractivity contribution in [1.29, 1.82) is 0 Å². The van der Waals surface area contributed by atoms with E-state index in [9.17, 15) is 9.59 Å². The predicted molar refractivity (Wildman–Crippen MR) is 107 cm³/mol. The average molecular weight is 379 g/mol. The molecule has 3 fully saturated rings. The lowest BCUT2D eigenvalue weighted by molar-refractivity contribution is -0.130. The highest BCUT2D eigenvalue weighted by Gasteiger charge is 2.34. The maximum absolute atomic E-state index is 12.8. The van der Waals surface area contributed by atoms with E-state index in [0.717, 1.165) is 45.4 Å². The molecule has 2 amide bonds. The van der Waals surface area contributed by atoms with Gasteiger partial charge in [0.25, 0.3) is 0 Å². The zero-order chi connectivity index (χ0) is 19.6. The Balaban J connectivity index is 1.44. The van der Waals surface area contributed by atoms with Gasteiger partial charge in [0, 0.05) is 38.3 Å². The minimum Gasteiger partial charge on any atom is -0.352 e. The maximum Gasteiger partial charge on any atom is 0.237 e. The van der Waals surface area contributed by atoms with Crippen LogP contribution in [0.5, 0.6) is 0 Å². The zero-order valence-corrected chi connectivity index (χ0v) is 17.5. The lowest BCUT2D eigenvalue weighted by atomic mass is 9.78. The van der Waals surface area contributed by atoms with E-state index in [1.165, 1.54) is 12.8 Å². The normalized spacial score (nSPS) is 32.5. The minimum atomic E-state index is -0.104. The number of carbonyl (C=O) groups is 2. The molecule has 2 saturated carbocycles. The molecule has 3 aliphatic rings. The molecule has 27 heavy (non-hydrogen) atoms. The van der Waals surface area contributed by atoms with E-state index in [-0.39, 0.29) is 23.9 Å². The van der Waals surface area contributed by atoms with Crippen molar-refractivity contribution < 1.29 is 9.59 Å². The molecular formula is C21H38N4O2. The summed E-state index contributed by atoms with van der Waals surface area (Å²) >= 11 is 0. The molecule has 2 aliphatic carbocycles. The van der Waals surface area contributed by atoms with E-state index in [0.29, 0.717) is 23.9 Å². The van der Waals surface area contributed by atoms with Crippen molar-refractivity contribution in [2.45, 2.75) is 84.0 Å². The third-order valence-electron chi connectivity index (χ3n) is 7.16. The van der Waals surface area contributed by atoms with Crippen molar-refractivity contribution in [2.24, 2.45) is 11.8 Å². The highest BCUT2D eigenvalue weighted by Crippen LogP contribution is 2.29. The minimum absolute atomic E-state index is 0.0820. The van der Waals surface area contributed by atoms with Crippen LogP contribution in [0.25, 0.3) is 0 Å². The van der Waals surface area contributed by atoms with E-state index < -0.39 is 0 Å². The highest BCUT2D eigenvalue weighted by molar-refractivity contribution is 5.82. The van der Waals surface area contributed by atoms with Crippen LogP contribution in [0.2, 0.25) is 0 Å². The number of carbonyl (C=O) groups excluding carboxylic acids is 2. The monoisotopic (exact) mass is 378 g/mol. The van der Waals surface area contributed by atoms with Crippen LogP contribution in [0.1, 0.15) is 59.8 Å². The summed E-state index contributed by atoms with van der Waals surface area (Å²) in [5.41, 5.74) is 0. The molecule has 0 aromatic heterocycles. The van der Waals surface area contributed by atoms with Crippen molar-refractivity contribution >= 4 is 11.8 Å². The molecule has 2 N–H and O–H groups in total. The fraction of sp³-hybridized carbons (Fsp3) is 0.905. The molecule has 6 heteroatoms. The Hall–Kier alpha value is -1.14. The summed E-state index contributed by atoms with van der Waals surface area (Å²) in [7, 11) is 0. The van der Waals surface area contributed by atoms with Gasteiger partial charge in [0.2, 0.25) is 11.8 Å². The molecule has 0 aromatic carbocycles. The van der Waals surface area contributed by atoms with Gasteiger partial charge in [-0.3, -0.25) is 19.4 Å². The van der Waals surface area contributed by atoms with Crippen LogP contribution in [0.4, 0.5) is 0 Å². The predicted octanol–water partition coefficient (Wildman–Crippen LogP) is 1.60. The Morgan fingerprint density at radius 3 is 1.85 bits per heavy atom. The molecule has 0 bridgehead atoms. The van der Waals surface area contributed by atoms with Crippen LogP contribution in [0.15, 0.2) is 0 Å². The summed E-state index contributed by atoms with van der Waals surface area (Å²) in [6.45, 7) is 11.9. The van der Waals surface area contributed by atoms with E-state index in [2.05, 4.69) is 34.3 Å². The topological polar surface area (TPSA) is 64.7 Å². The van der Waals surface area contributed by atoms with Crippen molar-refractivity contribution in [3.05, 3.63) is 0 Å². The summed E-state index contributed by atoms with van der Waals surface area (Å²) < 4.78 is 0. The smallest absolute Gasteiger partial charge is 0.237 e. The van der Waals surface area contributed by atoms with Crippen LogP contribution in [-0.2, 0) is 9.59 Å². The molecule has 5 atom stereocenters. The molecule has 0 unspecified atom stereocenters. The van der Waals surface area contributed by atoms with E-state index in [1.54, 1.807) is 0 Å². The van der Waals surface area contributed by atoms with Gasteiger partial charge in [0.05, 0.1) is 12.1 Å². The Morgan fingerprint density at radius 2 is 1.33 bits per heavy atom. The zero-order valence-electron chi connectivity index (χ0n) is 17.5. The van der Waals surface area contributed by atoms with Crippen LogP contribution in [0.3, 0.4) is 0 Å². The Kier molecular flexibility index (Phi) is 6.79. The van der Waals surface area contributed by atoms with Gasteiger partial charge in [0.15, 0.2) is 0 Å². The first-order valence-electron chi connectivity index (χ1n) is 11.0. The van der Waals surface area contributed by atoms with Crippen molar-refractivity contribution in [3.63, 3.8) is 0 Å². The Morgan fingerprint density at radius 1 is 0.815 bits per heavy atom. The van der Waals surface area contributed by atoms with Gasteiger partial charge in [-0.1, -0.05) is 26.7 Å². The molecule has 1 heterocycles. The van der Waals surface area contributed by atoms with Gasteiger partial charge in [0.1, 0.15) is 0 Å². The first-order chi connectivity index (χ1) is 12.9. The SMILES string of the molecule is C[C@H]1[C@H](C)CCC[C@@H]1NC(=O)[C@H](C)N1CCN([C@H](C)C(=O)NC2CC2)CC1. The fourth-order valence-corrected chi connectivity index (χ4v) is 4.48. The van der Waals surface area contributed by atoms with Crippen LogP contribution >= 0.6 is 0 Å². The quantitative estimate of drug-likeness (QED) is 0.737.